The second-order valence-electron chi connectivity index (χ2n) is 4.03. The summed E-state index contributed by atoms with van der Waals surface area (Å²) >= 11 is 9.20. The number of methoxy groups -OCH3 is 2. The molecule has 0 spiro atoms. The van der Waals surface area contributed by atoms with Crippen LogP contribution in [0.3, 0.4) is 0 Å². The highest BCUT2D eigenvalue weighted by molar-refractivity contribution is 6.61. The Labute approximate surface area is 173 Å². The Morgan fingerprint density at radius 2 is 0.889 bits per heavy atom. The van der Waals surface area contributed by atoms with E-state index in [1.807, 2.05) is 27.7 Å². The van der Waals surface area contributed by atoms with Crippen molar-refractivity contribution in [3.05, 3.63) is 71.8 Å². The van der Waals surface area contributed by atoms with Crippen LogP contribution in [0.4, 0.5) is 9.59 Å². The van der Waals surface area contributed by atoms with Crippen molar-refractivity contribution in [2.24, 2.45) is 0 Å². The Kier molecular flexibility index (Phi) is 26.4. The molecule has 4 nitrogen and oxygen atoms in total. The largest absolute Gasteiger partial charge is 0.457 e. The van der Waals surface area contributed by atoms with Crippen molar-refractivity contribution < 1.29 is 19.1 Å². The van der Waals surface area contributed by atoms with Gasteiger partial charge in [0.15, 0.2) is 0 Å². The predicted octanol–water partition coefficient (Wildman–Crippen LogP) is 7.31. The normalized spacial score (nSPS) is 7.70. The minimum atomic E-state index is -0.773. The standard InChI is InChI=1S/C13H12.2C2H3ClO2.2C2H6/c1-3-7-12(8-4-1)11-13-9-5-2-6-10-13;2*1-5-2(3)4;2*1-2/h1-10H,11H2;2*1H3;2*1-2H3. The van der Waals surface area contributed by atoms with Gasteiger partial charge >= 0.3 is 10.9 Å². The number of halogens is 2. The van der Waals surface area contributed by atoms with Crippen LogP contribution < -0.4 is 0 Å². The number of rotatable bonds is 2. The van der Waals surface area contributed by atoms with Gasteiger partial charge in [0.1, 0.15) is 0 Å². The van der Waals surface area contributed by atoms with E-state index in [2.05, 4.69) is 93.3 Å². The average molecular weight is 417 g/mol. The van der Waals surface area contributed by atoms with Crippen LogP contribution in [-0.4, -0.2) is 25.1 Å². The molecule has 0 heterocycles. The molecule has 0 saturated carbocycles. The smallest absolute Gasteiger partial charge is 0.403 e. The van der Waals surface area contributed by atoms with Crippen molar-refractivity contribution >= 4 is 34.1 Å². The second-order valence-corrected chi connectivity index (χ2v) is 4.65. The summed E-state index contributed by atoms with van der Waals surface area (Å²) in [6.07, 6.45) is 1.03. The molecule has 0 aromatic heterocycles. The fourth-order valence-corrected chi connectivity index (χ4v) is 1.43. The van der Waals surface area contributed by atoms with Gasteiger partial charge in [-0.1, -0.05) is 88.4 Å². The van der Waals surface area contributed by atoms with E-state index in [0.717, 1.165) is 6.42 Å². The first-order chi connectivity index (χ1) is 13.0. The van der Waals surface area contributed by atoms with Crippen LogP contribution in [0.2, 0.25) is 0 Å². The zero-order valence-electron chi connectivity index (χ0n) is 16.9. The van der Waals surface area contributed by atoms with E-state index >= 15 is 0 Å². The summed E-state index contributed by atoms with van der Waals surface area (Å²) in [6.45, 7) is 8.00. The summed E-state index contributed by atoms with van der Waals surface area (Å²) in [5, 5.41) is 0. The first-order valence-electron chi connectivity index (χ1n) is 8.54. The van der Waals surface area contributed by atoms with Gasteiger partial charge < -0.3 is 9.47 Å². The molecule has 0 fully saturated rings. The van der Waals surface area contributed by atoms with Gasteiger partial charge in [0.25, 0.3) is 0 Å². The minimum Gasteiger partial charge on any atom is -0.457 e. The molecule has 0 aliphatic rings. The number of hydrogen-bond donors (Lipinski definition) is 0. The van der Waals surface area contributed by atoms with Gasteiger partial charge in [0.2, 0.25) is 0 Å². The molecule has 0 amide bonds. The lowest BCUT2D eigenvalue weighted by atomic mass is 10.1. The van der Waals surface area contributed by atoms with Crippen molar-refractivity contribution in [1.82, 2.24) is 0 Å². The molecule has 0 saturated heterocycles. The third kappa shape index (κ3) is 24.0. The summed E-state index contributed by atoms with van der Waals surface area (Å²) in [6, 6.07) is 21.1. The molecule has 0 bridgehead atoms. The Morgan fingerprint density at radius 3 is 1.07 bits per heavy atom. The van der Waals surface area contributed by atoms with Gasteiger partial charge in [-0.05, 0) is 17.5 Å². The first-order valence-corrected chi connectivity index (χ1v) is 9.30. The molecule has 0 unspecified atom stereocenters. The van der Waals surface area contributed by atoms with Crippen LogP contribution in [-0.2, 0) is 15.9 Å². The summed E-state index contributed by atoms with van der Waals surface area (Å²) in [7, 11) is 2.44. The highest BCUT2D eigenvalue weighted by atomic mass is 35.5. The first kappa shape index (κ1) is 29.7. The van der Waals surface area contributed by atoms with Crippen molar-refractivity contribution in [2.45, 2.75) is 34.1 Å². The molecule has 2 aromatic rings. The number of carbonyl (C=O) groups excluding carboxylic acids is 2. The summed E-state index contributed by atoms with van der Waals surface area (Å²) in [4.78, 5) is 18.7. The molecule has 2 aromatic carbocycles. The molecular formula is C21H30Cl2O4. The maximum absolute atomic E-state index is 9.36. The monoisotopic (exact) mass is 416 g/mol. The molecule has 152 valence electrons. The summed E-state index contributed by atoms with van der Waals surface area (Å²) in [5.41, 5.74) is 1.19. The van der Waals surface area contributed by atoms with Gasteiger partial charge in [0.05, 0.1) is 14.2 Å². The topological polar surface area (TPSA) is 52.6 Å². The van der Waals surface area contributed by atoms with Crippen molar-refractivity contribution in [3.8, 4) is 0 Å². The zero-order valence-corrected chi connectivity index (χ0v) is 18.4. The minimum absolute atomic E-state index is 0.773. The Balaban J connectivity index is -0.000000346. The Hall–Kier alpha value is -2.04. The third-order valence-electron chi connectivity index (χ3n) is 2.41. The zero-order chi connectivity index (χ0) is 21.5. The van der Waals surface area contributed by atoms with E-state index in [0.29, 0.717) is 0 Å². The maximum Gasteiger partial charge on any atom is 0.403 e. The van der Waals surface area contributed by atoms with E-state index in [9.17, 15) is 9.59 Å². The lowest BCUT2D eigenvalue weighted by molar-refractivity contribution is 0.198. The fraction of sp³-hybridized carbons (Fsp3) is 0.333. The Bertz CT molecular complexity index is 509. The van der Waals surface area contributed by atoms with Crippen LogP contribution in [0.25, 0.3) is 0 Å². The summed E-state index contributed by atoms with van der Waals surface area (Å²) in [5.74, 6) is 0. The lowest BCUT2D eigenvalue weighted by Crippen LogP contribution is -1.85. The second kappa shape index (κ2) is 24.0. The predicted molar refractivity (Wildman–Crippen MR) is 115 cm³/mol. The van der Waals surface area contributed by atoms with E-state index in [1.54, 1.807) is 0 Å². The molecule has 0 aliphatic heterocycles. The molecule has 6 heteroatoms. The average Bonchev–Trinajstić information content (AvgIpc) is 2.73. The van der Waals surface area contributed by atoms with Crippen LogP contribution in [0.1, 0.15) is 38.8 Å². The molecule has 27 heavy (non-hydrogen) atoms. The number of hydrogen-bond acceptors (Lipinski definition) is 4. The molecule has 0 aliphatic carbocycles. The maximum atomic E-state index is 9.36. The molecule has 0 atom stereocenters. The SMILES string of the molecule is CC.CC.COC(=O)Cl.COC(=O)Cl.c1ccc(Cc2ccccc2)cc1. The molecule has 2 rings (SSSR count). The van der Waals surface area contributed by atoms with Crippen LogP contribution in [0.15, 0.2) is 60.7 Å². The van der Waals surface area contributed by atoms with Gasteiger partial charge in [-0.15, -0.1) is 0 Å². The van der Waals surface area contributed by atoms with Crippen molar-refractivity contribution in [1.29, 1.82) is 0 Å². The van der Waals surface area contributed by atoms with Gasteiger partial charge in [-0.2, -0.15) is 0 Å². The lowest BCUT2D eigenvalue weighted by Gasteiger charge is -2.00. The van der Waals surface area contributed by atoms with Crippen LogP contribution in [0, 0.1) is 0 Å². The van der Waals surface area contributed by atoms with Crippen LogP contribution >= 0.6 is 23.2 Å². The van der Waals surface area contributed by atoms with E-state index in [1.165, 1.54) is 25.3 Å². The van der Waals surface area contributed by atoms with Crippen molar-refractivity contribution in [3.63, 3.8) is 0 Å². The third-order valence-corrected chi connectivity index (χ3v) is 2.72. The van der Waals surface area contributed by atoms with Crippen molar-refractivity contribution in [2.75, 3.05) is 14.2 Å². The van der Waals surface area contributed by atoms with Crippen LogP contribution in [0.5, 0.6) is 0 Å². The fourth-order valence-electron chi connectivity index (χ4n) is 1.43. The molecule has 0 radical (unpaired) electrons. The molecule has 0 N–H and O–H groups in total. The van der Waals surface area contributed by atoms with Gasteiger partial charge in [-0.3, -0.25) is 0 Å². The Morgan fingerprint density at radius 1 is 0.667 bits per heavy atom. The molecular weight excluding hydrogens is 387 g/mol. The van der Waals surface area contributed by atoms with E-state index in [4.69, 9.17) is 0 Å². The quantitative estimate of drug-likeness (QED) is 0.481. The highest BCUT2D eigenvalue weighted by Gasteiger charge is 1.92. The highest BCUT2D eigenvalue weighted by Crippen LogP contribution is 2.07. The van der Waals surface area contributed by atoms with Gasteiger partial charge in [-0.25, -0.2) is 9.59 Å². The van der Waals surface area contributed by atoms with E-state index in [-0.39, 0.29) is 0 Å². The summed E-state index contributed by atoms with van der Waals surface area (Å²) < 4.78 is 7.75. The van der Waals surface area contributed by atoms with Gasteiger partial charge in [0, 0.05) is 23.2 Å². The number of benzene rings is 2. The number of carbonyl (C=O) groups is 2. The number of ether oxygens (including phenoxy) is 2. The van der Waals surface area contributed by atoms with E-state index < -0.39 is 10.9 Å².